The first-order chi connectivity index (χ1) is 9.66. The summed E-state index contributed by atoms with van der Waals surface area (Å²) in [6.07, 6.45) is 14.4. The summed E-state index contributed by atoms with van der Waals surface area (Å²) in [5, 5.41) is 10.3. The second kappa shape index (κ2) is 5.14. The zero-order chi connectivity index (χ0) is 15.9. The fraction of sp³-hybridized carbons (Fsp3) is 0.500. The lowest BCUT2D eigenvalue weighted by atomic mass is 9.52. The molecule has 4 unspecified atom stereocenters. The highest BCUT2D eigenvalue weighted by Gasteiger charge is 2.48. The maximum atomic E-state index is 10.3. The molecule has 0 heterocycles. The van der Waals surface area contributed by atoms with E-state index in [0.717, 1.165) is 12.0 Å². The zero-order valence-corrected chi connectivity index (χ0v) is 13.8. The predicted octanol–water partition coefficient (Wildman–Crippen LogP) is 4.97. The molecule has 0 amide bonds. The topological polar surface area (TPSA) is 20.2 Å². The summed E-state index contributed by atoms with van der Waals surface area (Å²) in [5.41, 5.74) is 1.74. The van der Waals surface area contributed by atoms with E-state index in [1.165, 1.54) is 5.57 Å². The van der Waals surface area contributed by atoms with Crippen LogP contribution in [-0.4, -0.2) is 10.7 Å². The average molecular weight is 284 g/mol. The van der Waals surface area contributed by atoms with Crippen LogP contribution >= 0.6 is 0 Å². The SMILES string of the molecule is C=CC(C)(O)CCC1(C)C(=C)C=CC2(C)C(C)=CC=CC21. The molecule has 0 aromatic heterocycles. The molecule has 2 aliphatic carbocycles. The van der Waals surface area contributed by atoms with Crippen molar-refractivity contribution in [2.24, 2.45) is 16.7 Å². The second-order valence-electron chi connectivity index (χ2n) is 7.33. The molecule has 0 aromatic rings. The van der Waals surface area contributed by atoms with Gasteiger partial charge < -0.3 is 5.11 Å². The number of hydrogen-bond donors (Lipinski definition) is 1. The molecule has 1 nitrogen and oxygen atoms in total. The van der Waals surface area contributed by atoms with Crippen LogP contribution in [0.25, 0.3) is 0 Å². The van der Waals surface area contributed by atoms with E-state index in [4.69, 9.17) is 0 Å². The summed E-state index contributed by atoms with van der Waals surface area (Å²) in [6.45, 7) is 16.6. The van der Waals surface area contributed by atoms with Crippen LogP contribution in [0.3, 0.4) is 0 Å². The van der Waals surface area contributed by atoms with Crippen LogP contribution in [0, 0.1) is 16.7 Å². The Morgan fingerprint density at radius 3 is 2.71 bits per heavy atom. The summed E-state index contributed by atoms with van der Waals surface area (Å²) in [7, 11) is 0. The third-order valence-corrected chi connectivity index (χ3v) is 5.79. The molecule has 0 saturated heterocycles. The van der Waals surface area contributed by atoms with E-state index in [9.17, 15) is 5.11 Å². The summed E-state index contributed by atoms with van der Waals surface area (Å²) in [5.74, 6) is 0.383. The first-order valence-electron chi connectivity index (χ1n) is 7.76. The third-order valence-electron chi connectivity index (χ3n) is 5.79. The molecule has 0 fully saturated rings. The monoisotopic (exact) mass is 284 g/mol. The Labute approximate surface area is 129 Å². The maximum Gasteiger partial charge on any atom is 0.0797 e. The van der Waals surface area contributed by atoms with E-state index in [2.05, 4.69) is 64.3 Å². The Balaban J connectivity index is 2.36. The highest BCUT2D eigenvalue weighted by Crippen LogP contribution is 2.57. The molecule has 1 N–H and O–H groups in total. The number of aliphatic hydroxyl groups is 1. The van der Waals surface area contributed by atoms with E-state index in [1.807, 2.05) is 6.92 Å². The minimum Gasteiger partial charge on any atom is -0.386 e. The Kier molecular flexibility index (Phi) is 3.92. The van der Waals surface area contributed by atoms with Crippen LogP contribution in [0.5, 0.6) is 0 Å². The Bertz CT molecular complexity index is 546. The van der Waals surface area contributed by atoms with E-state index < -0.39 is 5.60 Å². The molecule has 114 valence electrons. The standard InChI is InChI=1S/C20H28O/c1-7-18(4,21)13-14-20(6)16(3)11-12-19(5)15(2)9-8-10-17(19)20/h7-12,17,21H,1,3,13-14H2,2,4-6H3. The van der Waals surface area contributed by atoms with Gasteiger partial charge in [0.2, 0.25) is 0 Å². The highest BCUT2D eigenvalue weighted by atomic mass is 16.3. The highest BCUT2D eigenvalue weighted by molar-refractivity contribution is 5.42. The number of rotatable bonds is 4. The average Bonchev–Trinajstić information content (AvgIpc) is 2.44. The van der Waals surface area contributed by atoms with Gasteiger partial charge in [-0.3, -0.25) is 0 Å². The van der Waals surface area contributed by atoms with Gasteiger partial charge in [0, 0.05) is 5.41 Å². The van der Waals surface area contributed by atoms with Gasteiger partial charge in [0.1, 0.15) is 0 Å². The third kappa shape index (κ3) is 2.60. The number of hydrogen-bond acceptors (Lipinski definition) is 1. The van der Waals surface area contributed by atoms with Gasteiger partial charge in [-0.05, 0) is 43.6 Å². The first kappa shape index (κ1) is 16.0. The van der Waals surface area contributed by atoms with E-state index >= 15 is 0 Å². The minimum absolute atomic E-state index is 0.0392. The van der Waals surface area contributed by atoms with Crippen molar-refractivity contribution >= 4 is 0 Å². The van der Waals surface area contributed by atoms with E-state index in [-0.39, 0.29) is 10.8 Å². The van der Waals surface area contributed by atoms with Crippen molar-refractivity contribution in [1.29, 1.82) is 0 Å². The van der Waals surface area contributed by atoms with Crippen LogP contribution in [0.1, 0.15) is 40.5 Å². The van der Waals surface area contributed by atoms with Crippen molar-refractivity contribution in [3.8, 4) is 0 Å². The lowest BCUT2D eigenvalue weighted by Crippen LogP contribution is -2.43. The van der Waals surface area contributed by atoms with Crippen LogP contribution in [-0.2, 0) is 0 Å². The molecule has 0 radical (unpaired) electrons. The molecule has 0 spiro atoms. The normalized spacial score (nSPS) is 37.7. The molecule has 0 saturated carbocycles. The molecule has 0 aliphatic heterocycles. The van der Waals surface area contributed by atoms with Crippen molar-refractivity contribution in [3.63, 3.8) is 0 Å². The Morgan fingerprint density at radius 2 is 2.10 bits per heavy atom. The largest absolute Gasteiger partial charge is 0.386 e. The van der Waals surface area contributed by atoms with Gasteiger partial charge in [0.25, 0.3) is 0 Å². The molecular formula is C20H28O. The van der Waals surface area contributed by atoms with Gasteiger partial charge in [-0.25, -0.2) is 0 Å². The molecule has 4 atom stereocenters. The van der Waals surface area contributed by atoms with Crippen molar-refractivity contribution in [2.45, 2.75) is 46.1 Å². The molecule has 21 heavy (non-hydrogen) atoms. The first-order valence-corrected chi connectivity index (χ1v) is 7.76. The maximum absolute atomic E-state index is 10.3. The summed E-state index contributed by atoms with van der Waals surface area (Å²) < 4.78 is 0. The van der Waals surface area contributed by atoms with Crippen molar-refractivity contribution in [2.75, 3.05) is 0 Å². The van der Waals surface area contributed by atoms with Crippen molar-refractivity contribution in [1.82, 2.24) is 0 Å². The van der Waals surface area contributed by atoms with Crippen LogP contribution in [0.4, 0.5) is 0 Å². The lowest BCUT2D eigenvalue weighted by molar-refractivity contribution is 0.0702. The molecule has 2 rings (SSSR count). The fourth-order valence-electron chi connectivity index (χ4n) is 3.64. The Hall–Kier alpha value is -1.34. The zero-order valence-electron chi connectivity index (χ0n) is 13.8. The van der Waals surface area contributed by atoms with Crippen molar-refractivity contribution in [3.05, 3.63) is 60.8 Å². The molecule has 2 aliphatic rings. The van der Waals surface area contributed by atoms with E-state index in [1.54, 1.807) is 6.08 Å². The second-order valence-corrected chi connectivity index (χ2v) is 7.33. The smallest absolute Gasteiger partial charge is 0.0797 e. The summed E-state index contributed by atoms with van der Waals surface area (Å²) in [6, 6.07) is 0. The fourth-order valence-corrected chi connectivity index (χ4v) is 3.64. The summed E-state index contributed by atoms with van der Waals surface area (Å²) >= 11 is 0. The van der Waals surface area contributed by atoms with Gasteiger partial charge in [0.15, 0.2) is 0 Å². The molecule has 0 bridgehead atoms. The summed E-state index contributed by atoms with van der Waals surface area (Å²) in [4.78, 5) is 0. The van der Waals surface area contributed by atoms with E-state index in [0.29, 0.717) is 12.3 Å². The van der Waals surface area contributed by atoms with Gasteiger partial charge in [0.05, 0.1) is 5.60 Å². The quantitative estimate of drug-likeness (QED) is 0.722. The molecule has 1 heteroatoms. The van der Waals surface area contributed by atoms with Gasteiger partial charge in [-0.2, -0.15) is 0 Å². The minimum atomic E-state index is -0.815. The number of fused-ring (bicyclic) bond motifs is 1. The molecule has 0 aromatic carbocycles. The van der Waals surface area contributed by atoms with Crippen LogP contribution < -0.4 is 0 Å². The van der Waals surface area contributed by atoms with Crippen molar-refractivity contribution < 1.29 is 5.11 Å². The van der Waals surface area contributed by atoms with Gasteiger partial charge >= 0.3 is 0 Å². The predicted molar refractivity (Wildman–Crippen MR) is 90.9 cm³/mol. The van der Waals surface area contributed by atoms with Gasteiger partial charge in [-0.1, -0.05) is 62.5 Å². The van der Waals surface area contributed by atoms with Crippen LogP contribution in [0.15, 0.2) is 60.8 Å². The Morgan fingerprint density at radius 1 is 1.43 bits per heavy atom. The van der Waals surface area contributed by atoms with Crippen LogP contribution in [0.2, 0.25) is 0 Å². The van der Waals surface area contributed by atoms with Gasteiger partial charge in [-0.15, -0.1) is 6.58 Å². The number of allylic oxidation sites excluding steroid dienone is 7. The molecular weight excluding hydrogens is 256 g/mol. The lowest BCUT2D eigenvalue weighted by Gasteiger charge is -2.51.